The Balaban J connectivity index is 2.32. The van der Waals surface area contributed by atoms with Crippen molar-refractivity contribution in [1.82, 2.24) is 5.32 Å². The molecule has 0 aliphatic carbocycles. The van der Waals surface area contributed by atoms with Crippen molar-refractivity contribution >= 4 is 11.8 Å². The van der Waals surface area contributed by atoms with E-state index in [1.54, 1.807) is 0 Å². The van der Waals surface area contributed by atoms with Gasteiger partial charge in [-0.2, -0.15) is 0 Å². The minimum absolute atomic E-state index is 0.903. The first-order chi connectivity index (χ1) is 8.34. The highest BCUT2D eigenvalue weighted by atomic mass is 14.9. The molecule has 0 spiro atoms. The Morgan fingerprint density at radius 2 is 1.88 bits per heavy atom. The average molecular weight is 221 g/mol. The Labute approximate surface area is 101 Å². The lowest BCUT2D eigenvalue weighted by atomic mass is 10.0. The predicted molar refractivity (Wildman–Crippen MR) is 71.8 cm³/mol. The molecule has 0 fully saturated rings. The number of benzene rings is 2. The number of aryl methyl sites for hydroxylation is 1. The van der Waals surface area contributed by atoms with E-state index in [1.165, 1.54) is 27.3 Å². The van der Waals surface area contributed by atoms with Gasteiger partial charge in [-0.1, -0.05) is 54.1 Å². The number of hydrogen-bond acceptors (Lipinski definition) is 1. The van der Waals surface area contributed by atoms with E-state index in [1.807, 2.05) is 0 Å². The lowest BCUT2D eigenvalue weighted by Gasteiger charge is -2.14. The maximum absolute atomic E-state index is 3.48. The van der Waals surface area contributed by atoms with Gasteiger partial charge in [-0.05, 0) is 23.8 Å². The van der Waals surface area contributed by atoms with E-state index in [4.69, 9.17) is 0 Å². The van der Waals surface area contributed by atoms with Crippen molar-refractivity contribution in [3.05, 3.63) is 70.1 Å². The molecule has 1 aliphatic heterocycles. The van der Waals surface area contributed by atoms with Crippen LogP contribution in [0.1, 0.15) is 11.1 Å². The molecule has 0 amide bonds. The van der Waals surface area contributed by atoms with Crippen LogP contribution in [-0.2, 0) is 0 Å². The summed E-state index contributed by atoms with van der Waals surface area (Å²) in [5.74, 6) is 0. The quantitative estimate of drug-likeness (QED) is 0.770. The second kappa shape index (κ2) is 4.10. The van der Waals surface area contributed by atoms with Gasteiger partial charge < -0.3 is 5.32 Å². The molecule has 0 bridgehead atoms. The van der Waals surface area contributed by atoms with Crippen molar-refractivity contribution in [2.24, 2.45) is 0 Å². The molecule has 0 radical (unpaired) electrons. The number of hydrogen-bond donors (Lipinski definition) is 1. The SMILES string of the molecule is Cc1cccc(C2=c3ccccc3=CCN2)c1. The summed E-state index contributed by atoms with van der Waals surface area (Å²) in [6.07, 6.45) is 2.23. The van der Waals surface area contributed by atoms with Crippen molar-refractivity contribution < 1.29 is 0 Å². The van der Waals surface area contributed by atoms with Crippen LogP contribution in [-0.4, -0.2) is 6.54 Å². The van der Waals surface area contributed by atoms with Crippen molar-refractivity contribution in [1.29, 1.82) is 0 Å². The summed E-state index contributed by atoms with van der Waals surface area (Å²) in [5.41, 5.74) is 3.81. The Hall–Kier alpha value is -2.02. The number of fused-ring (bicyclic) bond motifs is 1. The molecule has 2 aromatic rings. The van der Waals surface area contributed by atoms with Crippen molar-refractivity contribution in [2.45, 2.75) is 6.92 Å². The molecule has 1 aliphatic rings. The van der Waals surface area contributed by atoms with Gasteiger partial charge >= 0.3 is 0 Å². The average Bonchev–Trinajstić information content (AvgIpc) is 2.38. The fourth-order valence-corrected chi connectivity index (χ4v) is 2.32. The fourth-order valence-electron chi connectivity index (χ4n) is 2.32. The highest BCUT2D eigenvalue weighted by Crippen LogP contribution is 2.11. The topological polar surface area (TPSA) is 12.0 Å². The van der Waals surface area contributed by atoms with Gasteiger partial charge in [-0.3, -0.25) is 0 Å². The van der Waals surface area contributed by atoms with Crippen LogP contribution in [0.3, 0.4) is 0 Å². The van der Waals surface area contributed by atoms with Crippen LogP contribution in [0, 0.1) is 6.92 Å². The van der Waals surface area contributed by atoms with Gasteiger partial charge in [0, 0.05) is 17.5 Å². The first-order valence-electron chi connectivity index (χ1n) is 5.95. The molecule has 84 valence electrons. The van der Waals surface area contributed by atoms with E-state index in [0.29, 0.717) is 0 Å². The molecular formula is C16H15N. The molecule has 0 aromatic heterocycles. The first-order valence-corrected chi connectivity index (χ1v) is 5.95. The van der Waals surface area contributed by atoms with E-state index in [-0.39, 0.29) is 0 Å². The molecule has 0 saturated carbocycles. The van der Waals surface area contributed by atoms with Gasteiger partial charge in [0.15, 0.2) is 0 Å². The van der Waals surface area contributed by atoms with Crippen LogP contribution in [0.25, 0.3) is 11.8 Å². The van der Waals surface area contributed by atoms with Crippen molar-refractivity contribution in [3.63, 3.8) is 0 Å². The van der Waals surface area contributed by atoms with Crippen LogP contribution in [0.5, 0.6) is 0 Å². The Kier molecular flexibility index (Phi) is 2.45. The van der Waals surface area contributed by atoms with Crippen LogP contribution in [0.4, 0.5) is 0 Å². The highest BCUT2D eigenvalue weighted by molar-refractivity contribution is 5.66. The van der Waals surface area contributed by atoms with Crippen molar-refractivity contribution in [3.8, 4) is 0 Å². The molecule has 0 atom stereocenters. The molecule has 1 heteroatoms. The fraction of sp³-hybridized carbons (Fsp3) is 0.125. The molecular weight excluding hydrogens is 206 g/mol. The Morgan fingerprint density at radius 1 is 1.00 bits per heavy atom. The Morgan fingerprint density at radius 3 is 2.76 bits per heavy atom. The van der Waals surface area contributed by atoms with E-state index in [9.17, 15) is 0 Å². The summed E-state index contributed by atoms with van der Waals surface area (Å²) in [5, 5.41) is 6.10. The molecule has 2 aromatic carbocycles. The first kappa shape index (κ1) is 10.2. The second-order valence-corrected chi connectivity index (χ2v) is 4.42. The lowest BCUT2D eigenvalue weighted by Crippen LogP contribution is -2.37. The summed E-state index contributed by atoms with van der Waals surface area (Å²) in [7, 11) is 0. The highest BCUT2D eigenvalue weighted by Gasteiger charge is 2.05. The minimum atomic E-state index is 0.903. The monoisotopic (exact) mass is 221 g/mol. The van der Waals surface area contributed by atoms with E-state index in [0.717, 1.165) is 6.54 Å². The second-order valence-electron chi connectivity index (χ2n) is 4.42. The minimum Gasteiger partial charge on any atom is -0.381 e. The normalized spacial score (nSPS) is 13.6. The molecule has 0 unspecified atom stereocenters. The van der Waals surface area contributed by atoms with Gasteiger partial charge in [-0.15, -0.1) is 0 Å². The maximum Gasteiger partial charge on any atom is 0.0495 e. The lowest BCUT2D eigenvalue weighted by molar-refractivity contribution is 1.01. The third kappa shape index (κ3) is 1.84. The van der Waals surface area contributed by atoms with E-state index in [2.05, 4.69) is 66.8 Å². The molecule has 0 saturated heterocycles. The van der Waals surface area contributed by atoms with Crippen LogP contribution in [0.2, 0.25) is 0 Å². The van der Waals surface area contributed by atoms with Gasteiger partial charge in [0.05, 0.1) is 0 Å². The molecule has 1 nitrogen and oxygen atoms in total. The van der Waals surface area contributed by atoms with Gasteiger partial charge in [0.25, 0.3) is 0 Å². The van der Waals surface area contributed by atoms with E-state index < -0.39 is 0 Å². The maximum atomic E-state index is 3.48. The molecule has 1 N–H and O–H groups in total. The van der Waals surface area contributed by atoms with Crippen molar-refractivity contribution in [2.75, 3.05) is 6.54 Å². The largest absolute Gasteiger partial charge is 0.381 e. The van der Waals surface area contributed by atoms with Gasteiger partial charge in [-0.25, -0.2) is 0 Å². The molecule has 17 heavy (non-hydrogen) atoms. The zero-order valence-corrected chi connectivity index (χ0v) is 9.90. The summed E-state index contributed by atoms with van der Waals surface area (Å²) >= 11 is 0. The van der Waals surface area contributed by atoms with Crippen LogP contribution < -0.4 is 15.8 Å². The molecule has 3 rings (SSSR count). The van der Waals surface area contributed by atoms with Crippen LogP contribution >= 0.6 is 0 Å². The van der Waals surface area contributed by atoms with Gasteiger partial charge in [0.2, 0.25) is 0 Å². The standard InChI is InChI=1S/C16H15N/c1-12-5-4-7-14(11-12)16-15-8-3-2-6-13(15)9-10-17-16/h2-9,11,17H,10H2,1H3. The number of nitrogens with one attached hydrogen (secondary N) is 1. The Bertz CT molecular complexity index is 668. The summed E-state index contributed by atoms with van der Waals surface area (Å²) in [6.45, 7) is 3.03. The van der Waals surface area contributed by atoms with Gasteiger partial charge in [0.1, 0.15) is 0 Å². The smallest absolute Gasteiger partial charge is 0.0495 e. The summed E-state index contributed by atoms with van der Waals surface area (Å²) < 4.78 is 0. The molecule has 1 heterocycles. The summed E-state index contributed by atoms with van der Waals surface area (Å²) in [4.78, 5) is 0. The third-order valence-corrected chi connectivity index (χ3v) is 3.14. The summed E-state index contributed by atoms with van der Waals surface area (Å²) in [6, 6.07) is 17.2. The van der Waals surface area contributed by atoms with Crippen LogP contribution in [0.15, 0.2) is 48.5 Å². The zero-order valence-electron chi connectivity index (χ0n) is 9.90. The predicted octanol–water partition coefficient (Wildman–Crippen LogP) is 1.54. The number of rotatable bonds is 1. The zero-order chi connectivity index (χ0) is 11.7. The third-order valence-electron chi connectivity index (χ3n) is 3.14. The van der Waals surface area contributed by atoms with E-state index >= 15 is 0 Å².